The highest BCUT2D eigenvalue weighted by Crippen LogP contribution is 2.46. The molecular weight excluding hydrogens is 524 g/mol. The van der Waals surface area contributed by atoms with Gasteiger partial charge in [0.05, 0.1) is 25.0 Å². The molecule has 1 aromatic heterocycles. The molecule has 2 atom stereocenters. The number of amides is 3. The predicted octanol–water partition coefficient (Wildman–Crippen LogP) is -1.30. The largest absolute Gasteiger partial charge is 0.477 e. The molecule has 4 saturated heterocycles. The van der Waals surface area contributed by atoms with E-state index in [0.717, 1.165) is 31.2 Å². The molecule has 6 heterocycles. The van der Waals surface area contributed by atoms with Crippen molar-refractivity contribution >= 4 is 57.8 Å². The number of nitrogen functional groups attached to an aromatic ring is 1. The molecule has 0 radical (unpaired) electrons. The number of carboxylic acids is 1. The monoisotopic (exact) mass is 551 g/mol. The summed E-state index contributed by atoms with van der Waals surface area (Å²) in [5, 5.41) is 15.9. The van der Waals surface area contributed by atoms with Crippen LogP contribution in [0.25, 0.3) is 0 Å². The number of primary amides is 1. The number of carboxylic acid groups (broad SMARTS) is 1. The summed E-state index contributed by atoms with van der Waals surface area (Å²) in [5.74, 6) is -2.31. The molecule has 5 aliphatic heterocycles. The van der Waals surface area contributed by atoms with Crippen LogP contribution in [-0.4, -0.2) is 104 Å². The van der Waals surface area contributed by atoms with Crippen LogP contribution < -0.4 is 16.8 Å². The molecule has 14 nitrogen and oxygen atoms in total. The minimum absolute atomic E-state index is 0.0243. The Morgan fingerprint density at radius 2 is 1.97 bits per heavy atom. The third-order valence-electron chi connectivity index (χ3n) is 7.83. The standard InChI is InChI=1S/C21H26N8O6S2/c1-35-26-11(14-25-20(23)37-27-14)15(30)24-12-16(31)28-13(18(32)33)10(9-36-17(12)28)8-29-5-2-21(3-6-29,4-7-29)19(22)34/h12,17H,2-9H2,1H3,(H5-,22,23,24,25,27,30,32,33,34)/p+1/b26-11+/t12-,17-,21?,29?/m1/s1. The van der Waals surface area contributed by atoms with Crippen molar-refractivity contribution in [2.45, 2.75) is 30.7 Å². The van der Waals surface area contributed by atoms with Gasteiger partial charge in [0.25, 0.3) is 11.8 Å². The lowest BCUT2D eigenvalue weighted by atomic mass is 9.70. The van der Waals surface area contributed by atoms with E-state index in [1.54, 1.807) is 0 Å². The van der Waals surface area contributed by atoms with Crippen molar-refractivity contribution in [3.05, 3.63) is 17.1 Å². The Hall–Kier alpha value is -3.24. The van der Waals surface area contributed by atoms with Gasteiger partial charge >= 0.3 is 5.97 Å². The van der Waals surface area contributed by atoms with Gasteiger partial charge in [-0.1, -0.05) is 5.16 Å². The molecule has 3 amide bonds. The van der Waals surface area contributed by atoms with E-state index in [2.05, 4.69) is 19.8 Å². The fraction of sp³-hybridized carbons (Fsp3) is 0.571. The van der Waals surface area contributed by atoms with Crippen molar-refractivity contribution in [1.29, 1.82) is 0 Å². The highest BCUT2D eigenvalue weighted by atomic mass is 32.2. The number of nitrogens with zero attached hydrogens (tertiary/aromatic N) is 5. The summed E-state index contributed by atoms with van der Waals surface area (Å²) in [6.45, 7) is 2.74. The number of anilines is 1. The van der Waals surface area contributed by atoms with Gasteiger partial charge in [-0.2, -0.15) is 9.36 Å². The number of fused-ring (bicyclic) bond motifs is 4. The van der Waals surface area contributed by atoms with Gasteiger partial charge in [0.15, 0.2) is 5.13 Å². The Balaban J connectivity index is 1.32. The highest BCUT2D eigenvalue weighted by Gasteiger charge is 2.57. The molecule has 0 spiro atoms. The number of nitrogens with one attached hydrogen (secondary N) is 1. The van der Waals surface area contributed by atoms with Crippen LogP contribution in [0.1, 0.15) is 25.1 Å². The van der Waals surface area contributed by atoms with E-state index >= 15 is 0 Å². The zero-order valence-corrected chi connectivity index (χ0v) is 21.6. The molecule has 6 rings (SSSR count). The number of aromatic nitrogens is 2. The number of thioether (sulfide) groups is 1. The molecule has 0 saturated carbocycles. The van der Waals surface area contributed by atoms with Gasteiger partial charge in [0.2, 0.25) is 17.4 Å². The van der Waals surface area contributed by atoms with E-state index in [9.17, 15) is 24.3 Å². The van der Waals surface area contributed by atoms with Crippen LogP contribution in [0.4, 0.5) is 5.13 Å². The van der Waals surface area contributed by atoms with E-state index in [1.807, 2.05) is 0 Å². The Kier molecular flexibility index (Phi) is 6.35. The number of rotatable bonds is 8. The van der Waals surface area contributed by atoms with E-state index in [4.69, 9.17) is 16.3 Å². The molecular formula is C21H27N8O6S2+. The van der Waals surface area contributed by atoms with Crippen molar-refractivity contribution in [2.75, 3.05) is 44.8 Å². The summed E-state index contributed by atoms with van der Waals surface area (Å²) in [6, 6.07) is -0.945. The van der Waals surface area contributed by atoms with Gasteiger partial charge in [-0.3, -0.25) is 19.3 Å². The second-order valence-electron chi connectivity index (χ2n) is 9.76. The van der Waals surface area contributed by atoms with Gasteiger partial charge in [-0.15, -0.1) is 11.8 Å². The number of β-lactam (4-membered cyclic amide) rings is 1. The second kappa shape index (κ2) is 9.25. The van der Waals surface area contributed by atoms with Crippen LogP contribution in [0.15, 0.2) is 16.4 Å². The van der Waals surface area contributed by atoms with Crippen LogP contribution in [-0.2, 0) is 24.0 Å². The average Bonchev–Trinajstić information content (AvgIpc) is 3.31. The number of quaternary nitrogens is 1. The average molecular weight is 552 g/mol. The van der Waals surface area contributed by atoms with E-state index in [0.29, 0.717) is 41.6 Å². The Labute approximate surface area is 219 Å². The third-order valence-corrected chi connectivity index (χ3v) is 9.71. The molecule has 0 aliphatic carbocycles. The molecule has 16 heteroatoms. The van der Waals surface area contributed by atoms with Crippen molar-refractivity contribution in [1.82, 2.24) is 19.6 Å². The maximum absolute atomic E-state index is 13.1. The summed E-state index contributed by atoms with van der Waals surface area (Å²) in [7, 11) is 1.26. The Morgan fingerprint density at radius 1 is 1.30 bits per heavy atom. The van der Waals surface area contributed by atoms with E-state index in [-0.39, 0.29) is 28.3 Å². The fourth-order valence-corrected chi connectivity index (χ4v) is 7.47. The zero-order valence-electron chi connectivity index (χ0n) is 20.0. The molecule has 1 aromatic rings. The lowest BCUT2D eigenvalue weighted by molar-refractivity contribution is -0.940. The molecule has 198 valence electrons. The summed E-state index contributed by atoms with van der Waals surface area (Å²) >= 11 is 2.28. The first-order valence-electron chi connectivity index (χ1n) is 11.7. The molecule has 37 heavy (non-hydrogen) atoms. The minimum Gasteiger partial charge on any atom is -0.477 e. The van der Waals surface area contributed by atoms with Gasteiger partial charge in [-0.25, -0.2) is 4.79 Å². The van der Waals surface area contributed by atoms with Gasteiger partial charge in [-0.05, 0) is 0 Å². The van der Waals surface area contributed by atoms with Crippen molar-refractivity contribution in [2.24, 2.45) is 16.3 Å². The number of carbonyl (C=O) groups is 4. The van der Waals surface area contributed by atoms with Gasteiger partial charge < -0.3 is 31.2 Å². The number of oxime groups is 1. The van der Waals surface area contributed by atoms with Crippen LogP contribution in [0.3, 0.4) is 0 Å². The zero-order chi connectivity index (χ0) is 26.5. The van der Waals surface area contributed by atoms with Crippen molar-refractivity contribution < 1.29 is 33.6 Å². The van der Waals surface area contributed by atoms with Crippen LogP contribution in [0, 0.1) is 5.41 Å². The summed E-state index contributed by atoms with van der Waals surface area (Å²) in [6.07, 6.45) is 2.07. The third kappa shape index (κ3) is 4.21. The molecule has 5 aliphatic rings. The van der Waals surface area contributed by atoms with E-state index < -0.39 is 34.6 Å². The maximum Gasteiger partial charge on any atom is 0.352 e. The quantitative estimate of drug-likeness (QED) is 0.130. The van der Waals surface area contributed by atoms with Crippen LogP contribution in [0.2, 0.25) is 0 Å². The summed E-state index contributed by atoms with van der Waals surface area (Å²) in [5.41, 5.74) is 11.2. The Morgan fingerprint density at radius 3 is 2.51 bits per heavy atom. The normalized spacial score (nSPS) is 31.0. The van der Waals surface area contributed by atoms with Crippen LogP contribution >= 0.6 is 23.3 Å². The lowest BCUT2D eigenvalue weighted by Crippen LogP contribution is -2.71. The summed E-state index contributed by atoms with van der Waals surface area (Å²) in [4.78, 5) is 60.2. The molecule has 0 aromatic carbocycles. The first-order chi connectivity index (χ1) is 17.6. The van der Waals surface area contributed by atoms with Crippen molar-refractivity contribution in [3.8, 4) is 0 Å². The molecule has 4 fully saturated rings. The smallest absolute Gasteiger partial charge is 0.352 e. The Bertz CT molecular complexity index is 1220. The first kappa shape index (κ1) is 25.4. The SMILES string of the molecule is CO/N=C(/C(=O)N[C@@H]1C(=O)N2C(C(=O)O)=C(C[N+]34CCC(C(N)=O)(CC3)CC4)CS[C@H]12)c1nsc(N)n1. The topological polar surface area (TPSA) is 203 Å². The number of hydrogen-bond donors (Lipinski definition) is 4. The minimum atomic E-state index is -1.18. The van der Waals surface area contributed by atoms with E-state index in [1.165, 1.54) is 23.8 Å². The molecule has 6 N–H and O–H groups in total. The number of hydrogen-bond acceptors (Lipinski definition) is 11. The number of aliphatic carboxylic acids is 1. The van der Waals surface area contributed by atoms with Gasteiger partial charge in [0, 0.05) is 42.1 Å². The maximum atomic E-state index is 13.1. The predicted molar refractivity (Wildman–Crippen MR) is 133 cm³/mol. The second-order valence-corrected chi connectivity index (χ2v) is 11.7. The van der Waals surface area contributed by atoms with Crippen molar-refractivity contribution in [3.63, 3.8) is 0 Å². The lowest BCUT2D eigenvalue weighted by Gasteiger charge is -2.55. The summed E-state index contributed by atoms with van der Waals surface area (Å²) < 4.78 is 4.65. The molecule has 0 unspecified atom stereocenters. The molecule has 2 bridgehead atoms. The number of carbonyl (C=O) groups excluding carboxylic acids is 3. The fourth-order valence-electron chi connectivity index (χ4n) is 5.70. The first-order valence-corrected chi connectivity index (χ1v) is 13.5. The number of nitrogens with two attached hydrogens (primary N) is 2. The highest BCUT2D eigenvalue weighted by molar-refractivity contribution is 8.00. The number of piperidine rings is 3. The van der Waals surface area contributed by atoms with Gasteiger partial charge in [0.1, 0.15) is 30.8 Å². The van der Waals surface area contributed by atoms with Crippen LogP contribution in [0.5, 0.6) is 0 Å².